The Morgan fingerprint density at radius 2 is 1.71 bits per heavy atom. The molecule has 0 aliphatic rings. The van der Waals surface area contributed by atoms with Crippen molar-refractivity contribution in [3.8, 4) is 5.75 Å². The summed E-state index contributed by atoms with van der Waals surface area (Å²) < 4.78 is 5.04. The summed E-state index contributed by atoms with van der Waals surface area (Å²) in [6, 6.07) is 13.4. The normalized spacial score (nSPS) is 9.88. The van der Waals surface area contributed by atoms with Gasteiger partial charge in [-0.1, -0.05) is 12.1 Å². The van der Waals surface area contributed by atoms with Crippen molar-refractivity contribution in [3.63, 3.8) is 0 Å². The molecule has 6 nitrogen and oxygen atoms in total. The maximum atomic E-state index is 12.1. The summed E-state index contributed by atoms with van der Waals surface area (Å²) in [5, 5.41) is 14.3. The summed E-state index contributed by atoms with van der Waals surface area (Å²) in [5.41, 5.74) is 1.79. The van der Waals surface area contributed by atoms with Crippen LogP contribution in [0.25, 0.3) is 0 Å². The largest absolute Gasteiger partial charge is 0.497 e. The standard InChI is InChI=1S/C17H16N2O4S/c1-23-14-8-4-12(5-9-14)16(22)19-17(24)18-13-6-2-11(3-7-13)10-15(20)21/h2-9H,10H2,1H3,(H,20,21)(H2,18,19,22,24). The van der Waals surface area contributed by atoms with Crippen LogP contribution in [0.1, 0.15) is 15.9 Å². The number of hydrogen-bond acceptors (Lipinski definition) is 4. The molecule has 7 heteroatoms. The van der Waals surface area contributed by atoms with Gasteiger partial charge in [-0.05, 0) is 54.2 Å². The molecule has 0 saturated heterocycles. The van der Waals surface area contributed by atoms with Crippen LogP contribution in [0.2, 0.25) is 0 Å². The molecule has 0 fully saturated rings. The molecular weight excluding hydrogens is 328 g/mol. The molecule has 3 N–H and O–H groups in total. The lowest BCUT2D eigenvalue weighted by molar-refractivity contribution is -0.136. The number of nitrogens with one attached hydrogen (secondary N) is 2. The number of rotatable bonds is 5. The fourth-order valence-corrected chi connectivity index (χ4v) is 2.17. The number of carboxylic acids is 1. The van der Waals surface area contributed by atoms with Crippen molar-refractivity contribution in [1.82, 2.24) is 5.32 Å². The van der Waals surface area contributed by atoms with Gasteiger partial charge in [-0.2, -0.15) is 0 Å². The highest BCUT2D eigenvalue weighted by Crippen LogP contribution is 2.12. The first kappa shape index (κ1) is 17.4. The third-order valence-corrected chi connectivity index (χ3v) is 3.35. The van der Waals surface area contributed by atoms with Crippen LogP contribution in [0.4, 0.5) is 5.69 Å². The van der Waals surface area contributed by atoms with E-state index in [-0.39, 0.29) is 17.4 Å². The first-order valence-electron chi connectivity index (χ1n) is 7.05. The number of carbonyl (C=O) groups excluding carboxylic acids is 1. The third kappa shape index (κ3) is 5.06. The van der Waals surface area contributed by atoms with E-state index in [4.69, 9.17) is 22.1 Å². The fraction of sp³-hybridized carbons (Fsp3) is 0.118. The van der Waals surface area contributed by atoms with Crippen molar-refractivity contribution in [3.05, 3.63) is 59.7 Å². The molecular formula is C17H16N2O4S. The van der Waals surface area contributed by atoms with E-state index in [0.29, 0.717) is 22.6 Å². The Balaban J connectivity index is 1.92. The van der Waals surface area contributed by atoms with Crippen molar-refractivity contribution in [1.29, 1.82) is 0 Å². The van der Waals surface area contributed by atoms with E-state index in [1.165, 1.54) is 0 Å². The zero-order valence-electron chi connectivity index (χ0n) is 12.9. The zero-order valence-corrected chi connectivity index (χ0v) is 13.7. The van der Waals surface area contributed by atoms with Gasteiger partial charge in [0.15, 0.2) is 5.11 Å². The van der Waals surface area contributed by atoms with E-state index in [0.717, 1.165) is 0 Å². The number of carbonyl (C=O) groups is 2. The number of anilines is 1. The summed E-state index contributed by atoms with van der Waals surface area (Å²) in [5.74, 6) is -0.565. The van der Waals surface area contributed by atoms with E-state index >= 15 is 0 Å². The topological polar surface area (TPSA) is 87.7 Å². The van der Waals surface area contributed by atoms with E-state index < -0.39 is 5.97 Å². The van der Waals surface area contributed by atoms with Crippen LogP contribution in [0.15, 0.2) is 48.5 Å². The van der Waals surface area contributed by atoms with Gasteiger partial charge in [-0.3, -0.25) is 14.9 Å². The van der Waals surface area contributed by atoms with Gasteiger partial charge in [0.1, 0.15) is 5.75 Å². The second-order valence-corrected chi connectivity index (χ2v) is 5.31. The summed E-state index contributed by atoms with van der Waals surface area (Å²) in [7, 11) is 1.55. The Kier molecular flexibility index (Phi) is 5.86. The molecule has 124 valence electrons. The molecule has 1 amide bonds. The Hall–Kier alpha value is -2.93. The Morgan fingerprint density at radius 1 is 1.08 bits per heavy atom. The lowest BCUT2D eigenvalue weighted by Gasteiger charge is -2.10. The molecule has 0 unspecified atom stereocenters. The number of aliphatic carboxylic acids is 1. The number of ether oxygens (including phenoxy) is 1. The zero-order chi connectivity index (χ0) is 17.5. The minimum absolute atomic E-state index is 0.0427. The average Bonchev–Trinajstić information content (AvgIpc) is 2.56. The van der Waals surface area contributed by atoms with Crippen LogP contribution in [0.5, 0.6) is 5.75 Å². The number of hydrogen-bond donors (Lipinski definition) is 3. The molecule has 0 saturated carbocycles. The molecule has 0 aromatic heterocycles. The Labute approximate surface area is 144 Å². The van der Waals surface area contributed by atoms with Crippen molar-refractivity contribution in [2.24, 2.45) is 0 Å². The number of benzene rings is 2. The SMILES string of the molecule is COc1ccc(C(=O)NC(=S)Nc2ccc(CC(=O)O)cc2)cc1. The van der Waals surface area contributed by atoms with E-state index in [1.807, 2.05) is 0 Å². The van der Waals surface area contributed by atoms with Gasteiger partial charge in [0.2, 0.25) is 0 Å². The lowest BCUT2D eigenvalue weighted by Crippen LogP contribution is -2.34. The highest BCUT2D eigenvalue weighted by Gasteiger charge is 2.08. The lowest BCUT2D eigenvalue weighted by atomic mass is 10.1. The van der Waals surface area contributed by atoms with Gasteiger partial charge in [0.05, 0.1) is 13.5 Å². The van der Waals surface area contributed by atoms with Crippen LogP contribution in [-0.4, -0.2) is 29.2 Å². The maximum absolute atomic E-state index is 12.1. The summed E-state index contributed by atoms with van der Waals surface area (Å²) in [6.45, 7) is 0. The number of amides is 1. The van der Waals surface area contributed by atoms with Crippen LogP contribution in [0.3, 0.4) is 0 Å². The maximum Gasteiger partial charge on any atom is 0.307 e. The molecule has 0 heterocycles. The van der Waals surface area contributed by atoms with Crippen LogP contribution < -0.4 is 15.4 Å². The molecule has 0 atom stereocenters. The van der Waals surface area contributed by atoms with E-state index in [1.54, 1.807) is 55.6 Å². The summed E-state index contributed by atoms with van der Waals surface area (Å²) >= 11 is 5.10. The Bertz CT molecular complexity index is 742. The van der Waals surface area contributed by atoms with E-state index in [2.05, 4.69) is 10.6 Å². The first-order chi connectivity index (χ1) is 11.5. The van der Waals surface area contributed by atoms with Gasteiger partial charge in [-0.15, -0.1) is 0 Å². The molecule has 0 bridgehead atoms. The van der Waals surface area contributed by atoms with Gasteiger partial charge < -0.3 is 15.2 Å². The monoisotopic (exact) mass is 344 g/mol. The molecule has 2 aromatic carbocycles. The third-order valence-electron chi connectivity index (χ3n) is 3.15. The summed E-state index contributed by atoms with van der Waals surface area (Å²) in [4.78, 5) is 22.7. The predicted molar refractivity (Wildman–Crippen MR) is 94.5 cm³/mol. The van der Waals surface area contributed by atoms with Crippen LogP contribution in [0, 0.1) is 0 Å². The van der Waals surface area contributed by atoms with Gasteiger partial charge in [0, 0.05) is 11.3 Å². The molecule has 0 aliphatic heterocycles. The quantitative estimate of drug-likeness (QED) is 0.722. The molecule has 24 heavy (non-hydrogen) atoms. The number of carboxylic acid groups (broad SMARTS) is 1. The van der Waals surface area contributed by atoms with Crippen molar-refractivity contribution in [2.75, 3.05) is 12.4 Å². The smallest absolute Gasteiger partial charge is 0.307 e. The van der Waals surface area contributed by atoms with Gasteiger partial charge in [-0.25, -0.2) is 0 Å². The van der Waals surface area contributed by atoms with Gasteiger partial charge in [0.25, 0.3) is 5.91 Å². The number of thiocarbonyl (C=S) groups is 1. The van der Waals surface area contributed by atoms with Crippen molar-refractivity contribution >= 4 is 34.9 Å². The number of methoxy groups -OCH3 is 1. The highest BCUT2D eigenvalue weighted by atomic mass is 32.1. The predicted octanol–water partition coefficient (Wildman–Crippen LogP) is 2.45. The summed E-state index contributed by atoms with van der Waals surface area (Å²) in [6.07, 6.45) is -0.0427. The van der Waals surface area contributed by atoms with Crippen LogP contribution in [-0.2, 0) is 11.2 Å². The second-order valence-electron chi connectivity index (χ2n) is 4.90. The molecule has 2 aromatic rings. The minimum atomic E-state index is -0.891. The van der Waals surface area contributed by atoms with Crippen molar-refractivity contribution < 1.29 is 19.4 Å². The molecule has 0 radical (unpaired) electrons. The highest BCUT2D eigenvalue weighted by molar-refractivity contribution is 7.80. The average molecular weight is 344 g/mol. The molecule has 0 aliphatic carbocycles. The van der Waals surface area contributed by atoms with Crippen LogP contribution >= 0.6 is 12.2 Å². The minimum Gasteiger partial charge on any atom is -0.497 e. The Morgan fingerprint density at radius 3 is 2.25 bits per heavy atom. The van der Waals surface area contributed by atoms with Gasteiger partial charge >= 0.3 is 5.97 Å². The first-order valence-corrected chi connectivity index (χ1v) is 7.46. The molecule has 2 rings (SSSR count). The van der Waals surface area contributed by atoms with Crippen molar-refractivity contribution in [2.45, 2.75) is 6.42 Å². The second kappa shape index (κ2) is 8.07. The van der Waals surface area contributed by atoms with E-state index in [9.17, 15) is 9.59 Å². The fourth-order valence-electron chi connectivity index (χ4n) is 1.96. The molecule has 0 spiro atoms.